The van der Waals surface area contributed by atoms with Crippen LogP contribution in [0.3, 0.4) is 0 Å². The Morgan fingerprint density at radius 1 is 1.44 bits per heavy atom. The smallest absolute Gasteiger partial charge is 0.255 e. The Balaban J connectivity index is 0.00000144. The van der Waals surface area contributed by atoms with Gasteiger partial charge in [-0.15, -0.1) is 24.8 Å². The van der Waals surface area contributed by atoms with Gasteiger partial charge in [0.1, 0.15) is 0 Å². The highest BCUT2D eigenvalue weighted by Gasteiger charge is 2.21. The fourth-order valence-corrected chi connectivity index (χ4v) is 1.97. The Hall–Kier alpha value is -0.840. The lowest BCUT2D eigenvalue weighted by Gasteiger charge is -2.31. The number of aryl methyl sites for hydroxylation is 1. The van der Waals surface area contributed by atoms with Crippen molar-refractivity contribution < 1.29 is 4.79 Å². The Labute approximate surface area is 120 Å². The van der Waals surface area contributed by atoms with E-state index in [0.717, 1.165) is 25.2 Å². The minimum absolute atomic E-state index is 0. The van der Waals surface area contributed by atoms with Crippen LogP contribution in [0.15, 0.2) is 18.5 Å². The van der Waals surface area contributed by atoms with Crippen molar-refractivity contribution in [2.75, 3.05) is 19.6 Å². The molecule has 0 aliphatic carbocycles. The molecule has 0 bridgehead atoms. The van der Waals surface area contributed by atoms with E-state index in [2.05, 4.69) is 17.2 Å². The Morgan fingerprint density at radius 3 is 2.78 bits per heavy atom. The number of pyridine rings is 1. The molecular formula is C12H19Cl2N3O. The number of carbonyl (C=O) groups excluding carboxylic acids is 1. The van der Waals surface area contributed by atoms with Crippen LogP contribution in [0.1, 0.15) is 22.8 Å². The predicted molar refractivity (Wildman–Crippen MR) is 76.8 cm³/mol. The summed E-state index contributed by atoms with van der Waals surface area (Å²) in [5.74, 6) is 0.0875. The number of amides is 1. The molecule has 2 rings (SSSR count). The minimum Gasteiger partial charge on any atom is -0.336 e. The van der Waals surface area contributed by atoms with Crippen molar-refractivity contribution in [3.63, 3.8) is 0 Å². The molecule has 0 aromatic carbocycles. The monoisotopic (exact) mass is 291 g/mol. The number of carbonyl (C=O) groups is 1. The first kappa shape index (κ1) is 17.2. The molecule has 18 heavy (non-hydrogen) atoms. The van der Waals surface area contributed by atoms with Gasteiger partial charge in [0, 0.05) is 38.1 Å². The number of aromatic nitrogens is 1. The molecule has 102 valence electrons. The number of hydrogen-bond donors (Lipinski definition) is 1. The number of nitrogens with one attached hydrogen (secondary N) is 1. The summed E-state index contributed by atoms with van der Waals surface area (Å²) in [5, 5.41) is 3.32. The van der Waals surface area contributed by atoms with E-state index in [0.29, 0.717) is 11.6 Å². The lowest BCUT2D eigenvalue weighted by molar-refractivity contribution is 0.0708. The largest absolute Gasteiger partial charge is 0.336 e. The van der Waals surface area contributed by atoms with Gasteiger partial charge < -0.3 is 10.2 Å². The summed E-state index contributed by atoms with van der Waals surface area (Å²) >= 11 is 0. The molecule has 1 aliphatic heterocycles. The summed E-state index contributed by atoms with van der Waals surface area (Å²) in [6.45, 7) is 6.45. The molecule has 1 aromatic heterocycles. The quantitative estimate of drug-likeness (QED) is 0.856. The average Bonchev–Trinajstić information content (AvgIpc) is 2.28. The summed E-state index contributed by atoms with van der Waals surface area (Å²) in [7, 11) is 0. The second-order valence-electron chi connectivity index (χ2n) is 4.36. The number of piperazine rings is 1. The molecule has 1 aliphatic rings. The van der Waals surface area contributed by atoms with E-state index in [1.54, 1.807) is 12.4 Å². The van der Waals surface area contributed by atoms with Crippen LogP contribution in [0.5, 0.6) is 0 Å². The van der Waals surface area contributed by atoms with Crippen molar-refractivity contribution >= 4 is 30.7 Å². The highest BCUT2D eigenvalue weighted by atomic mass is 35.5. The van der Waals surface area contributed by atoms with Gasteiger partial charge in [-0.1, -0.05) is 0 Å². The van der Waals surface area contributed by atoms with Crippen molar-refractivity contribution in [2.24, 2.45) is 0 Å². The standard InChI is InChI=1S/C12H17N3O.2ClH/c1-9-5-11(7-13-6-9)12(16)15-4-3-14-10(2)8-15;;/h5-7,10,14H,3-4,8H2,1-2H3;2*1H. The summed E-state index contributed by atoms with van der Waals surface area (Å²) < 4.78 is 0. The van der Waals surface area contributed by atoms with Gasteiger partial charge in [-0.3, -0.25) is 9.78 Å². The third-order valence-electron chi connectivity index (χ3n) is 2.78. The molecule has 2 heterocycles. The minimum atomic E-state index is 0. The zero-order valence-electron chi connectivity index (χ0n) is 10.5. The summed E-state index contributed by atoms with van der Waals surface area (Å²) in [4.78, 5) is 18.1. The van der Waals surface area contributed by atoms with Crippen LogP contribution in [0.2, 0.25) is 0 Å². The van der Waals surface area contributed by atoms with Gasteiger partial charge in [-0.25, -0.2) is 0 Å². The van der Waals surface area contributed by atoms with Crippen LogP contribution in [0.25, 0.3) is 0 Å². The molecule has 1 fully saturated rings. The van der Waals surface area contributed by atoms with E-state index in [4.69, 9.17) is 0 Å². The molecule has 1 aromatic rings. The Morgan fingerprint density at radius 2 is 2.17 bits per heavy atom. The number of halogens is 2. The van der Waals surface area contributed by atoms with Crippen LogP contribution in [0.4, 0.5) is 0 Å². The van der Waals surface area contributed by atoms with Crippen molar-refractivity contribution in [3.05, 3.63) is 29.6 Å². The van der Waals surface area contributed by atoms with E-state index in [1.165, 1.54) is 0 Å². The average molecular weight is 292 g/mol. The highest BCUT2D eigenvalue weighted by Crippen LogP contribution is 2.08. The molecular weight excluding hydrogens is 273 g/mol. The molecule has 0 spiro atoms. The van der Waals surface area contributed by atoms with Crippen molar-refractivity contribution in [1.82, 2.24) is 15.2 Å². The zero-order chi connectivity index (χ0) is 11.5. The normalized spacial score (nSPS) is 18.6. The van der Waals surface area contributed by atoms with Gasteiger partial charge >= 0.3 is 0 Å². The Kier molecular flexibility index (Phi) is 7.21. The van der Waals surface area contributed by atoms with E-state index in [-0.39, 0.29) is 30.7 Å². The van der Waals surface area contributed by atoms with Crippen LogP contribution in [-0.4, -0.2) is 41.5 Å². The maximum atomic E-state index is 12.2. The van der Waals surface area contributed by atoms with Crippen molar-refractivity contribution in [1.29, 1.82) is 0 Å². The molecule has 1 atom stereocenters. The summed E-state index contributed by atoms with van der Waals surface area (Å²) in [6.07, 6.45) is 3.40. The lowest BCUT2D eigenvalue weighted by atomic mass is 10.1. The summed E-state index contributed by atoms with van der Waals surface area (Å²) in [6, 6.07) is 2.26. The fraction of sp³-hybridized carbons (Fsp3) is 0.500. The first-order valence-corrected chi connectivity index (χ1v) is 5.61. The van der Waals surface area contributed by atoms with Gasteiger partial charge in [-0.2, -0.15) is 0 Å². The first-order chi connectivity index (χ1) is 7.66. The van der Waals surface area contributed by atoms with Gasteiger partial charge in [-0.05, 0) is 25.5 Å². The lowest BCUT2D eigenvalue weighted by Crippen LogP contribution is -2.51. The van der Waals surface area contributed by atoms with E-state index in [9.17, 15) is 4.79 Å². The third-order valence-corrected chi connectivity index (χ3v) is 2.78. The van der Waals surface area contributed by atoms with Crippen LogP contribution >= 0.6 is 24.8 Å². The molecule has 1 N–H and O–H groups in total. The number of hydrogen-bond acceptors (Lipinski definition) is 3. The SMILES string of the molecule is Cc1cncc(C(=O)N2CCNC(C)C2)c1.Cl.Cl. The molecule has 4 nitrogen and oxygen atoms in total. The van der Waals surface area contributed by atoms with E-state index >= 15 is 0 Å². The van der Waals surface area contributed by atoms with Crippen LogP contribution in [0, 0.1) is 6.92 Å². The molecule has 1 amide bonds. The molecule has 1 unspecified atom stereocenters. The topological polar surface area (TPSA) is 45.2 Å². The fourth-order valence-electron chi connectivity index (χ4n) is 1.97. The van der Waals surface area contributed by atoms with E-state index in [1.807, 2.05) is 17.9 Å². The Bertz CT molecular complexity index is 401. The molecule has 1 saturated heterocycles. The summed E-state index contributed by atoms with van der Waals surface area (Å²) in [5.41, 5.74) is 1.71. The van der Waals surface area contributed by atoms with E-state index < -0.39 is 0 Å². The molecule has 0 saturated carbocycles. The third kappa shape index (κ3) is 4.12. The zero-order valence-corrected chi connectivity index (χ0v) is 12.2. The molecule has 6 heteroatoms. The maximum absolute atomic E-state index is 12.2. The van der Waals surface area contributed by atoms with Gasteiger partial charge in [0.25, 0.3) is 5.91 Å². The number of rotatable bonds is 1. The maximum Gasteiger partial charge on any atom is 0.255 e. The first-order valence-electron chi connectivity index (χ1n) is 5.61. The predicted octanol–water partition coefficient (Wildman–Crippen LogP) is 1.67. The van der Waals surface area contributed by atoms with Gasteiger partial charge in [0.05, 0.1) is 5.56 Å². The van der Waals surface area contributed by atoms with Crippen molar-refractivity contribution in [3.8, 4) is 0 Å². The van der Waals surface area contributed by atoms with Gasteiger partial charge in [0.2, 0.25) is 0 Å². The second-order valence-corrected chi connectivity index (χ2v) is 4.36. The van der Waals surface area contributed by atoms with Gasteiger partial charge in [0.15, 0.2) is 0 Å². The van der Waals surface area contributed by atoms with Crippen LogP contribution < -0.4 is 5.32 Å². The van der Waals surface area contributed by atoms with Crippen molar-refractivity contribution in [2.45, 2.75) is 19.9 Å². The van der Waals surface area contributed by atoms with Crippen LogP contribution in [-0.2, 0) is 0 Å². The number of nitrogens with zero attached hydrogens (tertiary/aromatic N) is 2. The molecule has 0 radical (unpaired) electrons. The highest BCUT2D eigenvalue weighted by molar-refractivity contribution is 5.94. The second kappa shape index (κ2) is 7.56.